The number of aliphatic hydroxyl groups excluding tert-OH is 3. The van der Waals surface area contributed by atoms with Gasteiger partial charge in [0.2, 0.25) is 0 Å². The molecule has 0 saturated carbocycles. The second-order valence-electron chi connectivity index (χ2n) is 3.53. The Labute approximate surface area is 94.1 Å². The molecule has 5 nitrogen and oxygen atoms in total. The average Bonchev–Trinajstić information content (AvgIpc) is 2.29. The highest BCUT2D eigenvalue weighted by Gasteiger charge is 2.18. The number of nitrogens with two attached hydrogens (primary N) is 1. The summed E-state index contributed by atoms with van der Waals surface area (Å²) in [5.74, 6) is 0.452. The van der Waals surface area contributed by atoms with Crippen molar-refractivity contribution in [1.29, 1.82) is 0 Å². The van der Waals surface area contributed by atoms with Crippen LogP contribution in [0.2, 0.25) is 0 Å². The molecular formula is C11H17NO4. The van der Waals surface area contributed by atoms with E-state index in [-0.39, 0.29) is 13.0 Å². The lowest BCUT2D eigenvalue weighted by molar-refractivity contribution is 0.00414. The maximum absolute atomic E-state index is 9.77. The van der Waals surface area contributed by atoms with Crippen LogP contribution in [0.15, 0.2) is 18.2 Å². The van der Waals surface area contributed by atoms with E-state index in [4.69, 9.17) is 15.6 Å². The molecule has 2 unspecified atom stereocenters. The third kappa shape index (κ3) is 2.85. The van der Waals surface area contributed by atoms with Crippen LogP contribution in [0.4, 0.5) is 5.69 Å². The van der Waals surface area contributed by atoms with Gasteiger partial charge in [-0.3, -0.25) is 0 Å². The number of benzene rings is 1. The largest absolute Gasteiger partial charge is 0.495 e. The van der Waals surface area contributed by atoms with Gasteiger partial charge in [0.1, 0.15) is 11.9 Å². The summed E-state index contributed by atoms with van der Waals surface area (Å²) in [6.07, 6.45) is -1.94. The Hall–Kier alpha value is -1.30. The Kier molecular flexibility index (Phi) is 4.54. The molecule has 1 aromatic rings. The summed E-state index contributed by atoms with van der Waals surface area (Å²) in [7, 11) is 1.48. The fourth-order valence-corrected chi connectivity index (χ4v) is 1.42. The molecule has 1 rings (SSSR count). The van der Waals surface area contributed by atoms with Gasteiger partial charge < -0.3 is 25.8 Å². The van der Waals surface area contributed by atoms with E-state index in [1.54, 1.807) is 18.2 Å². The maximum Gasteiger partial charge on any atom is 0.142 e. The molecule has 2 atom stereocenters. The number of ether oxygens (including phenoxy) is 1. The molecule has 0 aliphatic heterocycles. The Morgan fingerprint density at radius 3 is 2.62 bits per heavy atom. The molecular weight excluding hydrogens is 210 g/mol. The van der Waals surface area contributed by atoms with Crippen LogP contribution in [-0.4, -0.2) is 35.1 Å². The van der Waals surface area contributed by atoms with Gasteiger partial charge >= 0.3 is 0 Å². The molecule has 5 heteroatoms. The smallest absolute Gasteiger partial charge is 0.142 e. The zero-order chi connectivity index (χ0) is 12.1. The number of nitrogen functional groups attached to an aromatic ring is 1. The molecule has 0 fully saturated rings. The van der Waals surface area contributed by atoms with Crippen LogP contribution < -0.4 is 10.5 Å². The normalized spacial score (nSPS) is 14.5. The lowest BCUT2D eigenvalue weighted by Crippen LogP contribution is -2.19. The number of hydrogen-bond donors (Lipinski definition) is 4. The second-order valence-corrected chi connectivity index (χ2v) is 3.53. The Morgan fingerprint density at radius 2 is 2.06 bits per heavy atom. The van der Waals surface area contributed by atoms with Crippen LogP contribution in [0.25, 0.3) is 0 Å². The summed E-state index contributed by atoms with van der Waals surface area (Å²) in [6.45, 7) is -0.176. The summed E-state index contributed by atoms with van der Waals surface area (Å²) >= 11 is 0. The minimum absolute atomic E-state index is 0.119. The van der Waals surface area contributed by atoms with Crippen molar-refractivity contribution < 1.29 is 20.1 Å². The van der Waals surface area contributed by atoms with Crippen molar-refractivity contribution in [2.75, 3.05) is 19.5 Å². The van der Waals surface area contributed by atoms with Crippen molar-refractivity contribution in [3.63, 3.8) is 0 Å². The highest BCUT2D eigenvalue weighted by Crippen LogP contribution is 2.27. The van der Waals surface area contributed by atoms with E-state index in [1.807, 2.05) is 0 Å². The summed E-state index contributed by atoms with van der Waals surface area (Å²) in [4.78, 5) is 0. The van der Waals surface area contributed by atoms with Gasteiger partial charge in [0.05, 0.1) is 18.9 Å². The quantitative estimate of drug-likeness (QED) is 0.533. The summed E-state index contributed by atoms with van der Waals surface area (Å²) in [5.41, 5.74) is 6.60. The zero-order valence-electron chi connectivity index (χ0n) is 9.13. The molecule has 0 saturated heterocycles. The van der Waals surface area contributed by atoms with Crippen LogP contribution in [0.1, 0.15) is 18.1 Å². The standard InChI is InChI=1S/C11H17NO4/c1-16-10-6-7(2-3-8(10)12)11(15)9(14)4-5-13/h2-3,6,9,11,13-15H,4-5,12H2,1H3. The van der Waals surface area contributed by atoms with Crippen molar-refractivity contribution >= 4 is 5.69 Å². The zero-order valence-corrected chi connectivity index (χ0v) is 9.13. The number of methoxy groups -OCH3 is 1. The van der Waals surface area contributed by atoms with Crippen molar-refractivity contribution in [1.82, 2.24) is 0 Å². The first-order chi connectivity index (χ1) is 7.60. The summed E-state index contributed by atoms with van der Waals surface area (Å²) in [6, 6.07) is 4.78. The molecule has 0 spiro atoms. The van der Waals surface area contributed by atoms with E-state index in [0.29, 0.717) is 17.0 Å². The molecule has 0 bridgehead atoms. The predicted molar refractivity (Wildman–Crippen MR) is 60.1 cm³/mol. The Morgan fingerprint density at radius 1 is 1.38 bits per heavy atom. The van der Waals surface area contributed by atoms with Gasteiger partial charge in [0, 0.05) is 6.61 Å². The fraction of sp³-hybridized carbons (Fsp3) is 0.455. The highest BCUT2D eigenvalue weighted by atomic mass is 16.5. The molecule has 5 N–H and O–H groups in total. The highest BCUT2D eigenvalue weighted by molar-refractivity contribution is 5.54. The molecule has 0 radical (unpaired) electrons. The molecule has 16 heavy (non-hydrogen) atoms. The summed E-state index contributed by atoms with van der Waals surface area (Å²) in [5, 5.41) is 28.0. The third-order valence-electron chi connectivity index (χ3n) is 2.39. The minimum Gasteiger partial charge on any atom is -0.495 e. The number of rotatable bonds is 5. The Bertz CT molecular complexity index is 343. The van der Waals surface area contributed by atoms with Crippen LogP contribution in [0.5, 0.6) is 5.75 Å². The van der Waals surface area contributed by atoms with Gasteiger partial charge in [-0.15, -0.1) is 0 Å². The van der Waals surface area contributed by atoms with E-state index in [0.717, 1.165) is 0 Å². The van der Waals surface area contributed by atoms with Crippen LogP contribution in [0, 0.1) is 0 Å². The van der Waals surface area contributed by atoms with Gasteiger partial charge in [-0.05, 0) is 24.1 Å². The van der Waals surface area contributed by atoms with Gasteiger partial charge in [-0.2, -0.15) is 0 Å². The fourth-order valence-electron chi connectivity index (χ4n) is 1.42. The molecule has 0 aliphatic carbocycles. The van der Waals surface area contributed by atoms with Crippen molar-refractivity contribution in [2.24, 2.45) is 0 Å². The van der Waals surface area contributed by atoms with Crippen molar-refractivity contribution in [3.8, 4) is 5.75 Å². The maximum atomic E-state index is 9.77. The Balaban J connectivity index is 2.87. The molecule has 0 aromatic heterocycles. The van der Waals surface area contributed by atoms with Gasteiger partial charge in [0.25, 0.3) is 0 Å². The van der Waals surface area contributed by atoms with E-state index in [1.165, 1.54) is 7.11 Å². The molecule has 1 aromatic carbocycles. The van der Waals surface area contributed by atoms with Crippen LogP contribution >= 0.6 is 0 Å². The van der Waals surface area contributed by atoms with Gasteiger partial charge in [-0.25, -0.2) is 0 Å². The van der Waals surface area contributed by atoms with E-state index < -0.39 is 12.2 Å². The van der Waals surface area contributed by atoms with Crippen LogP contribution in [-0.2, 0) is 0 Å². The lowest BCUT2D eigenvalue weighted by atomic mass is 10.0. The predicted octanol–water partition coefficient (Wildman–Crippen LogP) is 0.0541. The first-order valence-electron chi connectivity index (χ1n) is 5.00. The first-order valence-corrected chi connectivity index (χ1v) is 5.00. The lowest BCUT2D eigenvalue weighted by Gasteiger charge is -2.18. The van der Waals surface area contributed by atoms with Crippen molar-refractivity contribution in [2.45, 2.75) is 18.6 Å². The van der Waals surface area contributed by atoms with Gasteiger partial charge in [0.15, 0.2) is 0 Å². The van der Waals surface area contributed by atoms with Gasteiger partial charge in [-0.1, -0.05) is 6.07 Å². The molecule has 0 aliphatic rings. The van der Waals surface area contributed by atoms with E-state index in [2.05, 4.69) is 0 Å². The summed E-state index contributed by atoms with van der Waals surface area (Å²) < 4.78 is 5.01. The number of hydrogen-bond acceptors (Lipinski definition) is 5. The number of anilines is 1. The van der Waals surface area contributed by atoms with Crippen LogP contribution in [0.3, 0.4) is 0 Å². The second kappa shape index (κ2) is 5.69. The molecule has 0 heterocycles. The third-order valence-corrected chi connectivity index (χ3v) is 2.39. The van der Waals surface area contributed by atoms with Crippen molar-refractivity contribution in [3.05, 3.63) is 23.8 Å². The molecule has 90 valence electrons. The SMILES string of the molecule is COc1cc(C(O)C(O)CCO)ccc1N. The monoisotopic (exact) mass is 227 g/mol. The molecule has 0 amide bonds. The minimum atomic E-state index is -1.05. The van der Waals surface area contributed by atoms with E-state index >= 15 is 0 Å². The topological polar surface area (TPSA) is 95.9 Å². The first kappa shape index (κ1) is 12.8. The average molecular weight is 227 g/mol. The number of aliphatic hydroxyl groups is 3. The van der Waals surface area contributed by atoms with E-state index in [9.17, 15) is 10.2 Å².